The highest BCUT2D eigenvalue weighted by Crippen LogP contribution is 2.38. The third-order valence-electron chi connectivity index (χ3n) is 6.35. The van der Waals surface area contributed by atoms with Crippen molar-refractivity contribution in [1.82, 2.24) is 14.9 Å². The van der Waals surface area contributed by atoms with Crippen molar-refractivity contribution in [2.75, 3.05) is 50.5 Å². The summed E-state index contributed by atoms with van der Waals surface area (Å²) in [7, 11) is 0. The van der Waals surface area contributed by atoms with Crippen LogP contribution in [0.2, 0.25) is 0 Å². The van der Waals surface area contributed by atoms with Gasteiger partial charge in [-0.25, -0.2) is 14.4 Å². The second-order valence-corrected chi connectivity index (χ2v) is 9.94. The number of nitrogens with zero attached hydrogens (tertiary/aromatic N) is 3. The SMILES string of the molecule is Nc1nc(C2=CCC(F)(Cl)C=C2)c2cc(NC(=O)C=CCN3CCOCC3)c(OCC3CC3)cc2n1. The second kappa shape index (κ2) is 10.5. The van der Waals surface area contributed by atoms with Crippen LogP contribution < -0.4 is 15.8 Å². The van der Waals surface area contributed by atoms with E-state index in [0.29, 0.717) is 65.9 Å². The Balaban J connectivity index is 1.43. The van der Waals surface area contributed by atoms with Gasteiger partial charge in [-0.05, 0) is 36.5 Å². The van der Waals surface area contributed by atoms with Gasteiger partial charge in [0.1, 0.15) is 5.75 Å². The lowest BCUT2D eigenvalue weighted by Gasteiger charge is -2.25. The quantitative estimate of drug-likeness (QED) is 0.405. The molecule has 3 aliphatic rings. The number of fused-ring (bicyclic) bond motifs is 1. The summed E-state index contributed by atoms with van der Waals surface area (Å²) in [5, 5.41) is 1.68. The first kappa shape index (κ1) is 24.7. The molecule has 2 aromatic rings. The molecule has 36 heavy (non-hydrogen) atoms. The Hall–Kier alpha value is -3.01. The van der Waals surface area contributed by atoms with Gasteiger partial charge in [0.15, 0.2) is 0 Å². The maximum Gasteiger partial charge on any atom is 0.248 e. The van der Waals surface area contributed by atoms with Crippen molar-refractivity contribution >= 4 is 45.6 Å². The van der Waals surface area contributed by atoms with E-state index in [0.717, 1.165) is 25.9 Å². The van der Waals surface area contributed by atoms with Crippen LogP contribution in [-0.4, -0.2) is 65.4 Å². The number of amides is 1. The Labute approximate surface area is 214 Å². The predicted molar refractivity (Wildman–Crippen MR) is 139 cm³/mol. The van der Waals surface area contributed by atoms with Crippen LogP contribution in [-0.2, 0) is 9.53 Å². The van der Waals surface area contributed by atoms with E-state index < -0.39 is 5.13 Å². The highest BCUT2D eigenvalue weighted by atomic mass is 35.5. The van der Waals surface area contributed by atoms with E-state index in [1.165, 1.54) is 12.2 Å². The zero-order valence-electron chi connectivity index (χ0n) is 19.9. The predicted octanol–water partition coefficient (Wildman–Crippen LogP) is 4.08. The van der Waals surface area contributed by atoms with Crippen molar-refractivity contribution in [3.05, 3.63) is 48.2 Å². The summed E-state index contributed by atoms with van der Waals surface area (Å²) in [6.07, 6.45) is 10.2. The molecule has 1 aromatic carbocycles. The third kappa shape index (κ3) is 6.21. The fraction of sp³-hybridized carbons (Fsp3) is 0.423. The van der Waals surface area contributed by atoms with Crippen molar-refractivity contribution in [1.29, 1.82) is 0 Å². The molecule has 1 amide bonds. The van der Waals surface area contributed by atoms with Crippen molar-refractivity contribution in [2.24, 2.45) is 5.92 Å². The summed E-state index contributed by atoms with van der Waals surface area (Å²) in [6.45, 7) is 4.34. The maximum atomic E-state index is 14.1. The van der Waals surface area contributed by atoms with Crippen LogP contribution in [0.4, 0.5) is 16.0 Å². The molecule has 0 radical (unpaired) electrons. The number of hydrogen-bond acceptors (Lipinski definition) is 7. The number of rotatable bonds is 8. The van der Waals surface area contributed by atoms with E-state index >= 15 is 0 Å². The lowest BCUT2D eigenvalue weighted by atomic mass is 9.99. The van der Waals surface area contributed by atoms with Gasteiger partial charge in [0.05, 0.1) is 36.7 Å². The minimum Gasteiger partial charge on any atom is -0.491 e. The number of halogens is 2. The van der Waals surface area contributed by atoms with Crippen molar-refractivity contribution in [2.45, 2.75) is 24.4 Å². The first-order valence-electron chi connectivity index (χ1n) is 12.2. The van der Waals surface area contributed by atoms with Gasteiger partial charge >= 0.3 is 0 Å². The number of carbonyl (C=O) groups is 1. The maximum absolute atomic E-state index is 14.1. The standard InChI is InChI=1S/C26H29ClFN5O3/c27-26(28)7-5-18(6-8-26)24-19-14-21(30-23(34)2-1-9-33-10-12-35-13-11-33)22(36-16-17-3-4-17)15-20(19)31-25(29)32-24/h1-2,5-7,14-15,17H,3-4,8-13,16H2,(H,30,34)(H2,29,31,32). The fourth-order valence-electron chi connectivity index (χ4n) is 4.14. The number of benzene rings is 1. The van der Waals surface area contributed by atoms with Gasteiger partial charge in [0.2, 0.25) is 17.0 Å². The van der Waals surface area contributed by atoms with Crippen LogP contribution >= 0.6 is 11.6 Å². The first-order chi connectivity index (χ1) is 17.4. The number of carbonyl (C=O) groups excluding carboxylic acids is 1. The Morgan fingerprint density at radius 2 is 2.14 bits per heavy atom. The molecular weight excluding hydrogens is 485 g/mol. The van der Waals surface area contributed by atoms with Gasteiger partial charge in [-0.2, -0.15) is 0 Å². The molecule has 5 rings (SSSR count). The number of nitrogens with one attached hydrogen (secondary N) is 1. The molecule has 1 atom stereocenters. The Kier molecular flexibility index (Phi) is 7.22. The van der Waals surface area contributed by atoms with Crippen LogP contribution in [0.3, 0.4) is 0 Å². The molecule has 8 nitrogen and oxygen atoms in total. The van der Waals surface area contributed by atoms with Gasteiger partial charge in [0.25, 0.3) is 0 Å². The third-order valence-corrected chi connectivity index (χ3v) is 6.63. The molecule has 2 aliphatic carbocycles. The Morgan fingerprint density at radius 1 is 1.33 bits per heavy atom. The molecule has 0 bridgehead atoms. The number of anilines is 2. The zero-order valence-corrected chi connectivity index (χ0v) is 20.6. The smallest absolute Gasteiger partial charge is 0.248 e. The fourth-order valence-corrected chi connectivity index (χ4v) is 4.28. The molecule has 1 aromatic heterocycles. The number of nitrogens with two attached hydrogens (primary N) is 1. The number of allylic oxidation sites excluding steroid dienone is 4. The monoisotopic (exact) mass is 513 g/mol. The van der Waals surface area contributed by atoms with Crippen LogP contribution in [0.25, 0.3) is 16.5 Å². The number of hydrogen-bond donors (Lipinski definition) is 2. The Morgan fingerprint density at radius 3 is 2.86 bits per heavy atom. The molecule has 1 aliphatic heterocycles. The summed E-state index contributed by atoms with van der Waals surface area (Å²) in [6, 6.07) is 3.55. The van der Waals surface area contributed by atoms with Gasteiger partial charge < -0.3 is 20.5 Å². The molecule has 1 unspecified atom stereocenters. The molecule has 10 heteroatoms. The highest BCUT2D eigenvalue weighted by Gasteiger charge is 2.26. The summed E-state index contributed by atoms with van der Waals surface area (Å²) < 4.78 is 25.5. The van der Waals surface area contributed by atoms with Crippen molar-refractivity contribution < 1.29 is 18.7 Å². The normalized spacial score (nSPS) is 22.7. The largest absolute Gasteiger partial charge is 0.491 e. The average molecular weight is 514 g/mol. The summed E-state index contributed by atoms with van der Waals surface area (Å²) in [5.41, 5.74) is 8.29. The zero-order chi connectivity index (χ0) is 25.1. The van der Waals surface area contributed by atoms with Crippen LogP contribution in [0.1, 0.15) is 25.0 Å². The van der Waals surface area contributed by atoms with Crippen molar-refractivity contribution in [3.8, 4) is 5.75 Å². The molecule has 1 saturated heterocycles. The van der Waals surface area contributed by atoms with Gasteiger partial charge in [-0.15, -0.1) is 0 Å². The lowest BCUT2D eigenvalue weighted by Crippen LogP contribution is -2.36. The Bertz CT molecular complexity index is 1240. The van der Waals surface area contributed by atoms with Crippen LogP contribution in [0.15, 0.2) is 42.5 Å². The molecule has 1 saturated carbocycles. The number of ether oxygens (including phenoxy) is 2. The minimum atomic E-state index is -1.92. The topological polar surface area (TPSA) is 103 Å². The van der Waals surface area contributed by atoms with E-state index in [2.05, 4.69) is 20.2 Å². The number of morpholine rings is 1. The van der Waals surface area contributed by atoms with E-state index in [9.17, 15) is 9.18 Å². The van der Waals surface area contributed by atoms with Crippen molar-refractivity contribution in [3.63, 3.8) is 0 Å². The molecule has 3 N–H and O–H groups in total. The van der Waals surface area contributed by atoms with Gasteiger partial charge in [0, 0.05) is 43.6 Å². The molecule has 0 spiro atoms. The number of nitrogen functional groups attached to an aromatic ring is 1. The van der Waals surface area contributed by atoms with E-state index in [1.807, 2.05) is 6.08 Å². The summed E-state index contributed by atoms with van der Waals surface area (Å²) in [5.74, 6) is 0.867. The summed E-state index contributed by atoms with van der Waals surface area (Å²) >= 11 is 5.80. The minimum absolute atomic E-state index is 0.00586. The molecule has 190 valence electrons. The van der Waals surface area contributed by atoms with E-state index in [1.54, 1.807) is 24.3 Å². The van der Waals surface area contributed by atoms with Gasteiger partial charge in [-0.3, -0.25) is 9.69 Å². The lowest BCUT2D eigenvalue weighted by molar-refractivity contribution is -0.111. The van der Waals surface area contributed by atoms with Crippen LogP contribution in [0.5, 0.6) is 5.75 Å². The first-order valence-corrected chi connectivity index (χ1v) is 12.5. The highest BCUT2D eigenvalue weighted by molar-refractivity contribution is 6.24. The summed E-state index contributed by atoms with van der Waals surface area (Å²) in [4.78, 5) is 23.8. The van der Waals surface area contributed by atoms with Gasteiger partial charge in [-0.1, -0.05) is 29.8 Å². The molecule has 2 heterocycles. The second-order valence-electron chi connectivity index (χ2n) is 9.31. The molecule has 2 fully saturated rings. The van der Waals surface area contributed by atoms with Crippen LogP contribution in [0, 0.1) is 5.92 Å². The van der Waals surface area contributed by atoms with E-state index in [4.69, 9.17) is 26.8 Å². The van der Waals surface area contributed by atoms with E-state index in [-0.39, 0.29) is 18.3 Å². The molecular formula is C26H29ClFN5O3. The number of alkyl halides is 2. The number of aromatic nitrogens is 2. The average Bonchev–Trinajstić information content (AvgIpc) is 3.68.